The van der Waals surface area contributed by atoms with Crippen LogP contribution in [0.1, 0.15) is 24.6 Å². The second kappa shape index (κ2) is 2.81. The molecule has 0 spiro atoms. The third-order valence-corrected chi connectivity index (χ3v) is 2.98. The van der Waals surface area contributed by atoms with E-state index in [1.165, 1.54) is 9.50 Å². The van der Waals surface area contributed by atoms with Crippen LogP contribution in [0.5, 0.6) is 0 Å². The van der Waals surface area contributed by atoms with E-state index in [0.29, 0.717) is 5.92 Å². The van der Waals surface area contributed by atoms with Gasteiger partial charge in [0.2, 0.25) is 0 Å². The summed E-state index contributed by atoms with van der Waals surface area (Å²) in [6, 6.07) is 4.34. The Hall–Kier alpha value is 0.130. The highest BCUT2D eigenvalue weighted by atomic mass is 32.1. The van der Waals surface area contributed by atoms with Gasteiger partial charge in [0.05, 0.1) is 0 Å². The van der Waals surface area contributed by atoms with Crippen LogP contribution in [0.4, 0.5) is 0 Å². The van der Waals surface area contributed by atoms with Gasteiger partial charge in [-0.2, -0.15) is 0 Å². The van der Waals surface area contributed by atoms with E-state index in [-0.39, 0.29) is 0 Å². The van der Waals surface area contributed by atoms with Gasteiger partial charge < -0.3 is 0 Å². The van der Waals surface area contributed by atoms with E-state index in [0.717, 1.165) is 0 Å². The zero-order chi connectivity index (χ0) is 6.85. The molecule has 0 bridgehead atoms. The maximum absolute atomic E-state index is 2.71. The first-order valence-corrected chi connectivity index (χ1v) is 4.44. The lowest BCUT2D eigenvalue weighted by atomic mass is 10.2. The Labute approximate surface area is 62.5 Å². The molecule has 0 N–H and O–H groups in total. The summed E-state index contributed by atoms with van der Waals surface area (Å²) in [5.74, 6) is 0.685. The lowest BCUT2D eigenvalue weighted by molar-refractivity contribution is 0.890. The molecule has 0 saturated heterocycles. The first kappa shape index (κ1) is 7.24. The van der Waals surface area contributed by atoms with Gasteiger partial charge in [0.25, 0.3) is 0 Å². The molecule has 1 aromatic rings. The van der Waals surface area contributed by atoms with E-state index in [1.807, 2.05) is 11.3 Å². The molecular formula is C7H11PS. The number of thiophene rings is 1. The highest BCUT2D eigenvalue weighted by Crippen LogP contribution is 2.19. The molecule has 0 saturated carbocycles. The van der Waals surface area contributed by atoms with Gasteiger partial charge in [-0.25, -0.2) is 0 Å². The quantitative estimate of drug-likeness (QED) is 0.550. The molecule has 0 aliphatic rings. The highest BCUT2D eigenvalue weighted by Gasteiger charge is 1.99. The minimum atomic E-state index is 0.685. The minimum absolute atomic E-state index is 0.685. The Morgan fingerprint density at radius 1 is 1.44 bits per heavy atom. The summed E-state index contributed by atoms with van der Waals surface area (Å²) < 4.78 is 1.33. The SMILES string of the molecule is CC(C)c1ccc(P)s1. The smallest absolute Gasteiger partial charge is 0.0219 e. The van der Waals surface area contributed by atoms with E-state index in [4.69, 9.17) is 0 Å². The second-order valence-corrected chi connectivity index (χ2v) is 4.58. The maximum atomic E-state index is 2.71. The standard InChI is InChI=1S/C7H11PS/c1-5(2)6-3-4-7(8)9-6/h3-5H,8H2,1-2H3. The molecule has 9 heavy (non-hydrogen) atoms. The predicted octanol–water partition coefficient (Wildman–Crippen LogP) is 2.37. The van der Waals surface area contributed by atoms with Crippen molar-refractivity contribution in [2.45, 2.75) is 19.8 Å². The fraction of sp³-hybridized carbons (Fsp3) is 0.429. The van der Waals surface area contributed by atoms with Crippen LogP contribution in [-0.4, -0.2) is 0 Å². The number of hydrogen-bond donors (Lipinski definition) is 0. The third-order valence-electron chi connectivity index (χ3n) is 1.22. The van der Waals surface area contributed by atoms with Crippen LogP contribution in [0.25, 0.3) is 0 Å². The molecule has 1 heterocycles. The lowest BCUT2D eigenvalue weighted by Gasteiger charge is -1.96. The largest absolute Gasteiger partial charge is 0.141 e. The third kappa shape index (κ3) is 1.77. The van der Waals surface area contributed by atoms with Crippen molar-refractivity contribution in [1.82, 2.24) is 0 Å². The van der Waals surface area contributed by atoms with Crippen molar-refractivity contribution >= 4 is 25.2 Å². The molecule has 0 radical (unpaired) electrons. The van der Waals surface area contributed by atoms with E-state index < -0.39 is 0 Å². The van der Waals surface area contributed by atoms with Gasteiger partial charge >= 0.3 is 0 Å². The van der Waals surface area contributed by atoms with Gasteiger partial charge in [-0.05, 0) is 18.1 Å². The molecule has 2 heteroatoms. The molecule has 0 nitrogen and oxygen atoms in total. The number of hydrogen-bond acceptors (Lipinski definition) is 1. The molecule has 1 unspecified atom stereocenters. The summed E-state index contributed by atoms with van der Waals surface area (Å²) >= 11 is 1.86. The van der Waals surface area contributed by atoms with Crippen LogP contribution in [0.2, 0.25) is 0 Å². The van der Waals surface area contributed by atoms with Crippen molar-refractivity contribution in [3.05, 3.63) is 17.0 Å². The maximum Gasteiger partial charge on any atom is 0.0219 e. The average Bonchev–Trinajstić information content (AvgIpc) is 2.14. The Morgan fingerprint density at radius 3 is 2.33 bits per heavy atom. The summed E-state index contributed by atoms with van der Waals surface area (Å²) in [6.07, 6.45) is 0. The second-order valence-electron chi connectivity index (χ2n) is 2.39. The first-order valence-electron chi connectivity index (χ1n) is 3.05. The van der Waals surface area contributed by atoms with Crippen LogP contribution >= 0.6 is 20.6 Å². The summed E-state index contributed by atoms with van der Waals surface area (Å²) in [5.41, 5.74) is 0. The Bertz CT molecular complexity index is 191. The van der Waals surface area contributed by atoms with Crippen molar-refractivity contribution < 1.29 is 0 Å². The van der Waals surface area contributed by atoms with Crippen molar-refractivity contribution in [2.24, 2.45) is 0 Å². The summed E-state index contributed by atoms with van der Waals surface area (Å²) in [7, 11) is 2.71. The molecule has 0 aromatic carbocycles. The Morgan fingerprint density at radius 2 is 2.11 bits per heavy atom. The molecule has 0 aliphatic carbocycles. The van der Waals surface area contributed by atoms with Crippen LogP contribution in [0.3, 0.4) is 0 Å². The molecule has 0 aliphatic heterocycles. The zero-order valence-electron chi connectivity index (χ0n) is 5.72. The topological polar surface area (TPSA) is 0 Å². The van der Waals surface area contributed by atoms with Crippen LogP contribution in [0, 0.1) is 0 Å². The van der Waals surface area contributed by atoms with Gasteiger partial charge in [0, 0.05) is 9.50 Å². The van der Waals surface area contributed by atoms with E-state index in [2.05, 4.69) is 35.2 Å². The van der Waals surface area contributed by atoms with Crippen molar-refractivity contribution in [2.75, 3.05) is 0 Å². The average molecular weight is 158 g/mol. The van der Waals surface area contributed by atoms with Gasteiger partial charge in [0.15, 0.2) is 0 Å². The summed E-state index contributed by atoms with van der Waals surface area (Å²) in [6.45, 7) is 4.44. The monoisotopic (exact) mass is 158 g/mol. The van der Waals surface area contributed by atoms with E-state index >= 15 is 0 Å². The van der Waals surface area contributed by atoms with Crippen molar-refractivity contribution in [1.29, 1.82) is 0 Å². The zero-order valence-corrected chi connectivity index (χ0v) is 7.69. The van der Waals surface area contributed by atoms with Crippen LogP contribution in [-0.2, 0) is 0 Å². The Balaban J connectivity index is 2.85. The van der Waals surface area contributed by atoms with Gasteiger partial charge in [-0.1, -0.05) is 23.1 Å². The normalized spacial score (nSPS) is 10.7. The van der Waals surface area contributed by atoms with Crippen molar-refractivity contribution in [3.8, 4) is 0 Å². The fourth-order valence-corrected chi connectivity index (χ4v) is 1.96. The first-order chi connectivity index (χ1) is 4.20. The molecule has 0 amide bonds. The van der Waals surface area contributed by atoms with Crippen LogP contribution < -0.4 is 4.62 Å². The molecule has 0 fully saturated rings. The lowest BCUT2D eigenvalue weighted by Crippen LogP contribution is -1.78. The number of rotatable bonds is 1. The Kier molecular flexibility index (Phi) is 2.26. The summed E-state index contributed by atoms with van der Waals surface area (Å²) in [5, 5.41) is 0. The molecule has 1 atom stereocenters. The minimum Gasteiger partial charge on any atom is -0.141 e. The van der Waals surface area contributed by atoms with Crippen molar-refractivity contribution in [3.63, 3.8) is 0 Å². The fourth-order valence-electron chi connectivity index (χ4n) is 0.679. The van der Waals surface area contributed by atoms with Crippen LogP contribution in [0.15, 0.2) is 12.1 Å². The van der Waals surface area contributed by atoms with Gasteiger partial charge in [0.1, 0.15) is 0 Å². The van der Waals surface area contributed by atoms with Gasteiger partial charge in [-0.3, -0.25) is 0 Å². The molecular weight excluding hydrogens is 147 g/mol. The predicted molar refractivity (Wildman–Crippen MR) is 47.8 cm³/mol. The molecule has 1 aromatic heterocycles. The van der Waals surface area contributed by atoms with Gasteiger partial charge in [-0.15, -0.1) is 11.3 Å². The van der Waals surface area contributed by atoms with E-state index in [9.17, 15) is 0 Å². The molecule has 1 rings (SSSR count). The molecule has 50 valence electrons. The highest BCUT2D eigenvalue weighted by molar-refractivity contribution is 7.43. The summed E-state index contributed by atoms with van der Waals surface area (Å²) in [4.78, 5) is 1.47. The van der Waals surface area contributed by atoms with E-state index in [1.54, 1.807) is 0 Å².